The molecule has 1 aliphatic rings. The summed E-state index contributed by atoms with van der Waals surface area (Å²) in [5, 5.41) is 2.96. The van der Waals surface area contributed by atoms with Crippen LogP contribution in [0.2, 0.25) is 5.02 Å². The van der Waals surface area contributed by atoms with E-state index in [0.29, 0.717) is 12.5 Å². The van der Waals surface area contributed by atoms with Crippen LogP contribution in [0, 0.1) is 5.82 Å². The minimum absolute atomic E-state index is 0.0873. The van der Waals surface area contributed by atoms with Gasteiger partial charge in [-0.1, -0.05) is 35.9 Å². The average molecular weight is 292 g/mol. The summed E-state index contributed by atoms with van der Waals surface area (Å²) < 4.78 is 14.0. The van der Waals surface area contributed by atoms with E-state index < -0.39 is 5.82 Å². The zero-order chi connectivity index (χ0) is 14.3. The summed E-state index contributed by atoms with van der Waals surface area (Å²) in [7, 11) is 0. The summed E-state index contributed by atoms with van der Waals surface area (Å²) in [6, 6.07) is 9.73. The lowest BCUT2D eigenvalue weighted by atomic mass is 9.77. The van der Waals surface area contributed by atoms with Crippen molar-refractivity contribution in [2.45, 2.75) is 12.3 Å². The predicted octanol–water partition coefficient (Wildman–Crippen LogP) is 3.40. The number of anilines is 3. The molecule has 0 aliphatic heterocycles. The number of halogens is 2. The maximum Gasteiger partial charge on any atom is 0.169 e. The molecule has 0 aromatic heterocycles. The molecule has 3 rings (SSSR count). The van der Waals surface area contributed by atoms with Crippen molar-refractivity contribution < 1.29 is 4.39 Å². The van der Waals surface area contributed by atoms with Crippen LogP contribution in [-0.4, -0.2) is 6.54 Å². The second kappa shape index (κ2) is 4.87. The molecule has 1 unspecified atom stereocenters. The molecular formula is C15H15ClFN3. The molecule has 3 nitrogen and oxygen atoms in total. The van der Waals surface area contributed by atoms with E-state index in [4.69, 9.17) is 23.1 Å². The standard InChI is InChI=1S/C15H15ClFN3/c16-13-11(18)6-12(19)15(14(13)17)20-7-9-5-8-3-1-2-4-10(8)9/h1-4,6,9,20H,5,7,18-19H2. The third-order valence-electron chi connectivity index (χ3n) is 3.75. The van der Waals surface area contributed by atoms with Crippen LogP contribution in [0.4, 0.5) is 21.5 Å². The molecule has 0 heterocycles. The van der Waals surface area contributed by atoms with Gasteiger partial charge in [-0.15, -0.1) is 0 Å². The summed E-state index contributed by atoms with van der Waals surface area (Å²) in [6.45, 7) is 0.623. The first kappa shape index (κ1) is 13.1. The highest BCUT2D eigenvalue weighted by molar-refractivity contribution is 6.33. The first-order chi connectivity index (χ1) is 9.58. The number of nitrogens with two attached hydrogens (primary N) is 2. The largest absolute Gasteiger partial charge is 0.397 e. The third-order valence-corrected chi connectivity index (χ3v) is 4.14. The number of benzene rings is 2. The fraction of sp³-hybridized carbons (Fsp3) is 0.200. The first-order valence-electron chi connectivity index (χ1n) is 6.42. The molecule has 1 atom stereocenters. The summed E-state index contributed by atoms with van der Waals surface area (Å²) in [6.07, 6.45) is 0.993. The number of nitrogen functional groups attached to an aromatic ring is 2. The van der Waals surface area contributed by atoms with Gasteiger partial charge in [0.15, 0.2) is 5.82 Å². The van der Waals surface area contributed by atoms with E-state index in [0.717, 1.165) is 6.42 Å². The molecule has 0 saturated carbocycles. The quantitative estimate of drug-likeness (QED) is 0.760. The van der Waals surface area contributed by atoms with Crippen molar-refractivity contribution in [1.82, 2.24) is 0 Å². The molecule has 20 heavy (non-hydrogen) atoms. The molecule has 5 N–H and O–H groups in total. The van der Waals surface area contributed by atoms with Gasteiger partial charge in [0, 0.05) is 12.5 Å². The van der Waals surface area contributed by atoms with E-state index in [1.807, 2.05) is 12.1 Å². The summed E-state index contributed by atoms with van der Waals surface area (Å²) >= 11 is 5.80. The lowest BCUT2D eigenvalue weighted by molar-refractivity contribution is 0.615. The summed E-state index contributed by atoms with van der Waals surface area (Å²) in [5.41, 5.74) is 14.7. The fourth-order valence-electron chi connectivity index (χ4n) is 2.62. The zero-order valence-electron chi connectivity index (χ0n) is 10.8. The zero-order valence-corrected chi connectivity index (χ0v) is 11.5. The second-order valence-corrected chi connectivity index (χ2v) is 5.42. The molecule has 2 aromatic rings. The normalized spacial score (nSPS) is 16.4. The average Bonchev–Trinajstić information content (AvgIpc) is 2.40. The highest BCUT2D eigenvalue weighted by Gasteiger charge is 2.25. The van der Waals surface area contributed by atoms with Gasteiger partial charge in [0.25, 0.3) is 0 Å². The Morgan fingerprint density at radius 3 is 2.75 bits per heavy atom. The minimum Gasteiger partial charge on any atom is -0.397 e. The maximum absolute atomic E-state index is 14.0. The fourth-order valence-corrected chi connectivity index (χ4v) is 2.77. The number of hydrogen-bond acceptors (Lipinski definition) is 3. The molecule has 0 fully saturated rings. The number of rotatable bonds is 3. The van der Waals surface area contributed by atoms with Crippen LogP contribution >= 0.6 is 11.6 Å². The molecule has 0 spiro atoms. The van der Waals surface area contributed by atoms with Crippen molar-refractivity contribution in [3.63, 3.8) is 0 Å². The molecule has 0 amide bonds. The Hall–Kier alpha value is -1.94. The van der Waals surface area contributed by atoms with E-state index in [9.17, 15) is 4.39 Å². The van der Waals surface area contributed by atoms with Crippen LogP contribution in [0.3, 0.4) is 0 Å². The molecule has 1 aliphatic carbocycles. The SMILES string of the molecule is Nc1cc(N)c(NCC2Cc3ccccc32)c(F)c1Cl. The van der Waals surface area contributed by atoms with Crippen molar-refractivity contribution in [2.75, 3.05) is 23.3 Å². The van der Waals surface area contributed by atoms with Crippen LogP contribution in [0.15, 0.2) is 30.3 Å². The van der Waals surface area contributed by atoms with Crippen LogP contribution < -0.4 is 16.8 Å². The second-order valence-electron chi connectivity index (χ2n) is 5.04. The van der Waals surface area contributed by atoms with Gasteiger partial charge in [-0.2, -0.15) is 0 Å². The first-order valence-corrected chi connectivity index (χ1v) is 6.80. The molecule has 0 radical (unpaired) electrons. The van der Waals surface area contributed by atoms with E-state index in [1.54, 1.807) is 0 Å². The van der Waals surface area contributed by atoms with E-state index >= 15 is 0 Å². The topological polar surface area (TPSA) is 64.1 Å². The minimum atomic E-state index is -0.586. The Morgan fingerprint density at radius 2 is 2.00 bits per heavy atom. The van der Waals surface area contributed by atoms with Crippen molar-refractivity contribution in [3.05, 3.63) is 52.3 Å². The monoisotopic (exact) mass is 291 g/mol. The molecule has 0 saturated heterocycles. The Labute approximate surface area is 121 Å². The summed E-state index contributed by atoms with van der Waals surface area (Å²) in [5.74, 6) is -0.210. The molecule has 104 valence electrons. The Kier molecular flexibility index (Phi) is 3.18. The van der Waals surface area contributed by atoms with E-state index in [-0.39, 0.29) is 22.1 Å². The van der Waals surface area contributed by atoms with Gasteiger partial charge in [-0.25, -0.2) is 4.39 Å². The van der Waals surface area contributed by atoms with Crippen LogP contribution in [0.5, 0.6) is 0 Å². The van der Waals surface area contributed by atoms with Crippen LogP contribution in [0.1, 0.15) is 17.0 Å². The van der Waals surface area contributed by atoms with Crippen molar-refractivity contribution in [3.8, 4) is 0 Å². The number of fused-ring (bicyclic) bond motifs is 1. The maximum atomic E-state index is 14.0. The van der Waals surface area contributed by atoms with Crippen LogP contribution in [0.25, 0.3) is 0 Å². The van der Waals surface area contributed by atoms with Gasteiger partial charge in [-0.05, 0) is 23.6 Å². The van der Waals surface area contributed by atoms with Gasteiger partial charge in [-0.3, -0.25) is 0 Å². The predicted molar refractivity (Wildman–Crippen MR) is 81.6 cm³/mol. The Bertz CT molecular complexity index is 672. The van der Waals surface area contributed by atoms with Gasteiger partial charge < -0.3 is 16.8 Å². The molecule has 5 heteroatoms. The highest BCUT2D eigenvalue weighted by Crippen LogP contribution is 2.37. The molecule has 0 bridgehead atoms. The van der Waals surface area contributed by atoms with Crippen LogP contribution in [-0.2, 0) is 6.42 Å². The van der Waals surface area contributed by atoms with Gasteiger partial charge >= 0.3 is 0 Å². The third kappa shape index (κ3) is 2.06. The number of nitrogens with one attached hydrogen (secondary N) is 1. The van der Waals surface area contributed by atoms with Gasteiger partial charge in [0.05, 0.1) is 17.1 Å². The van der Waals surface area contributed by atoms with Crippen molar-refractivity contribution in [2.24, 2.45) is 0 Å². The molecular weight excluding hydrogens is 277 g/mol. The lowest BCUT2D eigenvalue weighted by Crippen LogP contribution is -2.24. The smallest absolute Gasteiger partial charge is 0.169 e. The number of hydrogen-bond donors (Lipinski definition) is 3. The summed E-state index contributed by atoms with van der Waals surface area (Å²) in [4.78, 5) is 0. The lowest BCUT2D eigenvalue weighted by Gasteiger charge is -2.30. The van der Waals surface area contributed by atoms with E-state index in [1.165, 1.54) is 17.2 Å². The highest BCUT2D eigenvalue weighted by atomic mass is 35.5. The Morgan fingerprint density at radius 1 is 1.25 bits per heavy atom. The molecule has 2 aromatic carbocycles. The van der Waals surface area contributed by atoms with Gasteiger partial charge in [0.2, 0.25) is 0 Å². The Balaban J connectivity index is 1.76. The van der Waals surface area contributed by atoms with Crippen molar-refractivity contribution in [1.29, 1.82) is 0 Å². The van der Waals surface area contributed by atoms with Gasteiger partial charge in [0.1, 0.15) is 5.02 Å². The van der Waals surface area contributed by atoms with Crippen molar-refractivity contribution >= 4 is 28.7 Å². The van der Waals surface area contributed by atoms with E-state index in [2.05, 4.69) is 17.4 Å².